The fourth-order valence-corrected chi connectivity index (χ4v) is 1.43. The first-order valence-electron chi connectivity index (χ1n) is 2.55. The molecule has 1 N–H and O–H groups in total. The summed E-state index contributed by atoms with van der Waals surface area (Å²) >= 11 is 0.214. The minimum Gasteiger partial charge on any atom is -0.369 e. The van der Waals surface area contributed by atoms with Crippen LogP contribution in [-0.2, 0) is 0 Å². The van der Waals surface area contributed by atoms with E-state index in [1.165, 1.54) is 0 Å². The van der Waals surface area contributed by atoms with Crippen LogP contribution in [0.3, 0.4) is 0 Å². The third-order valence-electron chi connectivity index (χ3n) is 1.62. The Morgan fingerprint density at radius 1 is 0.750 bits per heavy atom. The molecule has 0 aliphatic heterocycles. The predicted molar refractivity (Wildman–Crippen MR) is 33.8 cm³/mol. The van der Waals surface area contributed by atoms with Crippen molar-refractivity contribution in [3.63, 3.8) is 0 Å². The lowest BCUT2D eigenvalue weighted by Gasteiger charge is -2.52. The molecule has 0 aromatic heterocycles. The Labute approximate surface area is 75.9 Å². The molecule has 8 heteroatoms. The predicted octanol–water partition coefficient (Wildman–Crippen LogP) is 2.03. The molecule has 0 unspecified atom stereocenters. The van der Waals surface area contributed by atoms with Crippen LogP contribution in [0.25, 0.3) is 0 Å². The third kappa shape index (κ3) is 0.671. The molecule has 1 nitrogen and oxygen atoms in total. The quantitative estimate of drug-likeness (QED) is 0.412. The average molecular weight is 306 g/mol. The second-order valence-corrected chi connectivity index (χ2v) is 3.91. The number of halogens is 7. The molecule has 12 heavy (non-hydrogen) atoms. The second kappa shape index (κ2) is 2.02. The van der Waals surface area contributed by atoms with Gasteiger partial charge in [0.1, 0.15) is 0 Å². The van der Waals surface area contributed by atoms with E-state index >= 15 is 0 Å². The van der Waals surface area contributed by atoms with Crippen molar-refractivity contribution in [2.75, 3.05) is 0 Å². The molecule has 0 atom stereocenters. The fraction of sp³-hybridized carbons (Fsp3) is 1.00. The molecule has 0 aromatic rings. The van der Waals surface area contributed by atoms with Crippen molar-refractivity contribution in [2.24, 2.45) is 0 Å². The van der Waals surface area contributed by atoms with Crippen molar-refractivity contribution in [3.8, 4) is 0 Å². The molecule has 1 saturated carbocycles. The van der Waals surface area contributed by atoms with Crippen LogP contribution < -0.4 is 0 Å². The molecular weight excluding hydrogens is 305 g/mol. The molecule has 1 rings (SSSR count). The third-order valence-corrected chi connectivity index (χ3v) is 2.98. The van der Waals surface area contributed by atoms with Crippen LogP contribution in [0.1, 0.15) is 0 Å². The molecule has 72 valence electrons. The summed E-state index contributed by atoms with van der Waals surface area (Å²) in [6, 6.07) is 0. The van der Waals surface area contributed by atoms with Gasteiger partial charge in [-0.25, -0.2) is 0 Å². The maximum atomic E-state index is 12.1. The normalized spacial score (nSPS) is 34.0. The topological polar surface area (TPSA) is 20.2 Å². The number of hydrogen-bond acceptors (Lipinski definition) is 1. The minimum atomic E-state index is -5.48. The standard InChI is InChI=1S/C4HF6IO/c5-1(6)2(7,8)4(11,12)3(1,9)10/h12H. The summed E-state index contributed by atoms with van der Waals surface area (Å²) < 4.78 is 68.3. The van der Waals surface area contributed by atoms with Gasteiger partial charge in [0.15, 0.2) is 0 Å². The van der Waals surface area contributed by atoms with Crippen molar-refractivity contribution < 1.29 is 31.4 Å². The molecule has 0 radical (unpaired) electrons. The van der Waals surface area contributed by atoms with E-state index in [4.69, 9.17) is 5.11 Å². The Morgan fingerprint density at radius 3 is 1.08 bits per heavy atom. The highest BCUT2D eigenvalue weighted by Crippen LogP contribution is 2.69. The maximum Gasteiger partial charge on any atom is 0.380 e. The van der Waals surface area contributed by atoms with E-state index in [9.17, 15) is 26.3 Å². The van der Waals surface area contributed by atoms with Crippen molar-refractivity contribution in [3.05, 3.63) is 0 Å². The molecule has 0 spiro atoms. The van der Waals surface area contributed by atoms with Gasteiger partial charge in [-0.2, -0.15) is 26.3 Å². The number of aliphatic hydroxyl groups is 1. The first kappa shape index (κ1) is 10.4. The van der Waals surface area contributed by atoms with E-state index in [2.05, 4.69) is 0 Å². The number of alkyl halides is 7. The number of hydrogen-bond donors (Lipinski definition) is 1. The molecule has 0 aromatic carbocycles. The summed E-state index contributed by atoms with van der Waals surface area (Å²) in [6.45, 7) is 0. The summed E-state index contributed by atoms with van der Waals surface area (Å²) in [5.74, 6) is -15.7. The van der Waals surface area contributed by atoms with Crippen molar-refractivity contribution >= 4 is 22.6 Å². The highest BCUT2D eigenvalue weighted by atomic mass is 127. The molecule has 0 saturated heterocycles. The zero-order valence-corrected chi connectivity index (χ0v) is 7.25. The summed E-state index contributed by atoms with van der Waals surface area (Å²) in [4.78, 5) is 0. The van der Waals surface area contributed by atoms with Crippen LogP contribution in [0, 0.1) is 0 Å². The van der Waals surface area contributed by atoms with Gasteiger partial charge in [-0.15, -0.1) is 0 Å². The van der Waals surface area contributed by atoms with Crippen molar-refractivity contribution in [1.29, 1.82) is 0 Å². The second-order valence-electron chi connectivity index (χ2n) is 2.35. The van der Waals surface area contributed by atoms with Crippen molar-refractivity contribution in [2.45, 2.75) is 21.4 Å². The Kier molecular flexibility index (Phi) is 1.74. The molecule has 0 amide bonds. The van der Waals surface area contributed by atoms with E-state index < -0.39 is 21.4 Å². The van der Waals surface area contributed by atoms with E-state index in [1.807, 2.05) is 0 Å². The summed E-state index contributed by atoms with van der Waals surface area (Å²) in [5.41, 5.74) is 0. The van der Waals surface area contributed by atoms with E-state index in [-0.39, 0.29) is 22.6 Å². The summed E-state index contributed by atoms with van der Waals surface area (Å²) in [5, 5.41) is 8.31. The van der Waals surface area contributed by atoms with Gasteiger partial charge in [0.25, 0.3) is 3.61 Å². The van der Waals surface area contributed by atoms with Gasteiger partial charge >= 0.3 is 17.8 Å². The van der Waals surface area contributed by atoms with Crippen molar-refractivity contribution in [1.82, 2.24) is 0 Å². The van der Waals surface area contributed by atoms with Crippen LogP contribution in [-0.4, -0.2) is 26.5 Å². The van der Waals surface area contributed by atoms with E-state index in [0.29, 0.717) is 0 Å². The zero-order valence-electron chi connectivity index (χ0n) is 5.09. The van der Waals surface area contributed by atoms with Gasteiger partial charge in [0.05, 0.1) is 0 Å². The number of rotatable bonds is 0. The smallest absolute Gasteiger partial charge is 0.369 e. The first-order chi connectivity index (χ1) is 5.00. The lowest BCUT2D eigenvalue weighted by molar-refractivity contribution is -0.453. The monoisotopic (exact) mass is 306 g/mol. The minimum absolute atomic E-state index is 0.214. The zero-order chi connectivity index (χ0) is 10.0. The highest BCUT2D eigenvalue weighted by Gasteiger charge is 2.98. The fourth-order valence-electron chi connectivity index (χ4n) is 0.748. The lowest BCUT2D eigenvalue weighted by Crippen LogP contribution is -2.83. The van der Waals surface area contributed by atoms with E-state index in [1.54, 1.807) is 0 Å². The Bertz CT molecular complexity index is 160. The summed E-state index contributed by atoms with van der Waals surface area (Å²) in [7, 11) is 0. The first-order valence-corrected chi connectivity index (χ1v) is 3.63. The Balaban J connectivity index is 3.16. The van der Waals surface area contributed by atoms with Gasteiger partial charge in [-0.1, -0.05) is 0 Å². The van der Waals surface area contributed by atoms with E-state index in [0.717, 1.165) is 0 Å². The Hall–Kier alpha value is 0.270. The summed E-state index contributed by atoms with van der Waals surface area (Å²) in [6.07, 6.45) is 0. The van der Waals surface area contributed by atoms with Crippen LogP contribution in [0.2, 0.25) is 0 Å². The average Bonchev–Trinajstić information content (AvgIpc) is 1.84. The van der Waals surface area contributed by atoms with Gasteiger partial charge < -0.3 is 5.11 Å². The molecule has 1 aliphatic rings. The largest absolute Gasteiger partial charge is 0.380 e. The molecular formula is C4HF6IO. The Morgan fingerprint density at radius 2 is 1.00 bits per heavy atom. The van der Waals surface area contributed by atoms with Gasteiger partial charge in [-0.05, 0) is 22.6 Å². The van der Waals surface area contributed by atoms with Gasteiger partial charge in [0.2, 0.25) is 0 Å². The SMILES string of the molecule is OC1(I)C(F)(F)C(F)(F)C1(F)F. The van der Waals surface area contributed by atoms with Gasteiger partial charge in [-0.3, -0.25) is 0 Å². The van der Waals surface area contributed by atoms with Crippen LogP contribution in [0.4, 0.5) is 26.3 Å². The molecule has 1 fully saturated rings. The highest BCUT2D eigenvalue weighted by molar-refractivity contribution is 14.1. The molecule has 1 aliphatic carbocycles. The molecule has 0 heterocycles. The van der Waals surface area contributed by atoms with Crippen LogP contribution in [0.5, 0.6) is 0 Å². The van der Waals surface area contributed by atoms with Crippen LogP contribution in [0.15, 0.2) is 0 Å². The lowest BCUT2D eigenvalue weighted by atomic mass is 9.81. The van der Waals surface area contributed by atoms with Gasteiger partial charge in [0, 0.05) is 0 Å². The molecule has 0 bridgehead atoms. The van der Waals surface area contributed by atoms with Crippen LogP contribution >= 0.6 is 22.6 Å². The maximum absolute atomic E-state index is 12.1.